The molecule has 2 amide bonds. The molecule has 0 unspecified atom stereocenters. The third kappa shape index (κ3) is 4.94. The molecule has 2 aromatic carbocycles. The monoisotopic (exact) mass is 350 g/mol. The first kappa shape index (κ1) is 18.2. The number of aryl methyl sites for hydroxylation is 1. The van der Waals surface area contributed by atoms with Crippen molar-refractivity contribution >= 4 is 17.5 Å². The Balaban J connectivity index is 1.65. The molecule has 0 aromatic heterocycles. The molecule has 1 aliphatic carbocycles. The third-order valence-corrected chi connectivity index (χ3v) is 4.87. The standard InChI is InChI=1S/C22H26N2O2/c1-16-11-13-17(14-12-16)15-21(25)24-20-10-6-5-9-19(20)22(26)23-18-7-3-2-4-8-18/h5-6,9-14,18H,2-4,7-8,15H2,1H3,(H,23,26)(H,24,25). The van der Waals surface area contributed by atoms with Crippen molar-refractivity contribution in [3.63, 3.8) is 0 Å². The van der Waals surface area contributed by atoms with Gasteiger partial charge in [-0.15, -0.1) is 0 Å². The average molecular weight is 350 g/mol. The number of hydrogen-bond donors (Lipinski definition) is 2. The van der Waals surface area contributed by atoms with Gasteiger partial charge in [-0.3, -0.25) is 9.59 Å². The number of rotatable bonds is 5. The van der Waals surface area contributed by atoms with Crippen LogP contribution in [0.1, 0.15) is 53.6 Å². The molecule has 0 radical (unpaired) electrons. The highest BCUT2D eigenvalue weighted by Gasteiger charge is 2.19. The Hall–Kier alpha value is -2.62. The minimum absolute atomic E-state index is 0.108. The molecular formula is C22H26N2O2. The van der Waals surface area contributed by atoms with E-state index in [1.54, 1.807) is 12.1 Å². The normalized spacial score (nSPS) is 14.7. The van der Waals surface area contributed by atoms with Crippen LogP contribution >= 0.6 is 0 Å². The van der Waals surface area contributed by atoms with E-state index >= 15 is 0 Å². The summed E-state index contributed by atoms with van der Waals surface area (Å²) in [6, 6.07) is 15.3. The van der Waals surface area contributed by atoms with Gasteiger partial charge < -0.3 is 10.6 Å². The fourth-order valence-corrected chi connectivity index (χ4v) is 3.39. The number of nitrogens with one attached hydrogen (secondary N) is 2. The number of carbonyl (C=O) groups excluding carboxylic acids is 2. The Bertz CT molecular complexity index is 762. The van der Waals surface area contributed by atoms with E-state index in [0.29, 0.717) is 17.7 Å². The van der Waals surface area contributed by atoms with Crippen molar-refractivity contribution in [2.24, 2.45) is 0 Å². The molecule has 0 heterocycles. The summed E-state index contributed by atoms with van der Waals surface area (Å²) in [7, 11) is 0. The smallest absolute Gasteiger partial charge is 0.253 e. The summed E-state index contributed by atoms with van der Waals surface area (Å²) in [4.78, 5) is 25.0. The summed E-state index contributed by atoms with van der Waals surface area (Å²) in [5.74, 6) is -0.227. The van der Waals surface area contributed by atoms with Crippen LogP contribution in [0.25, 0.3) is 0 Å². The fraction of sp³-hybridized carbons (Fsp3) is 0.364. The molecular weight excluding hydrogens is 324 g/mol. The van der Waals surface area contributed by atoms with Crippen molar-refractivity contribution < 1.29 is 9.59 Å². The minimum Gasteiger partial charge on any atom is -0.349 e. The van der Waals surface area contributed by atoms with Gasteiger partial charge in [0.2, 0.25) is 5.91 Å². The lowest BCUT2D eigenvalue weighted by atomic mass is 9.95. The van der Waals surface area contributed by atoms with Crippen LogP contribution in [-0.2, 0) is 11.2 Å². The van der Waals surface area contributed by atoms with Crippen molar-refractivity contribution in [1.82, 2.24) is 5.32 Å². The van der Waals surface area contributed by atoms with Gasteiger partial charge in [0.15, 0.2) is 0 Å². The lowest BCUT2D eigenvalue weighted by molar-refractivity contribution is -0.115. The number of anilines is 1. The van der Waals surface area contributed by atoms with Crippen molar-refractivity contribution in [2.45, 2.75) is 51.5 Å². The Morgan fingerprint density at radius 1 is 0.962 bits per heavy atom. The molecule has 1 fully saturated rings. The van der Waals surface area contributed by atoms with Gasteiger partial charge in [-0.2, -0.15) is 0 Å². The first-order chi connectivity index (χ1) is 12.6. The number of benzene rings is 2. The molecule has 0 bridgehead atoms. The van der Waals surface area contributed by atoms with Gasteiger partial charge in [-0.25, -0.2) is 0 Å². The van der Waals surface area contributed by atoms with Crippen molar-refractivity contribution in [3.8, 4) is 0 Å². The van der Waals surface area contributed by atoms with Gasteiger partial charge in [0, 0.05) is 6.04 Å². The van der Waals surface area contributed by atoms with Gasteiger partial charge >= 0.3 is 0 Å². The second kappa shape index (κ2) is 8.65. The molecule has 1 aliphatic rings. The van der Waals surface area contributed by atoms with E-state index in [1.807, 2.05) is 43.3 Å². The van der Waals surface area contributed by atoms with E-state index in [0.717, 1.165) is 18.4 Å². The summed E-state index contributed by atoms with van der Waals surface area (Å²) in [6.07, 6.45) is 5.94. The van der Waals surface area contributed by atoms with Crippen LogP contribution < -0.4 is 10.6 Å². The molecule has 26 heavy (non-hydrogen) atoms. The van der Waals surface area contributed by atoms with Gasteiger partial charge in [0.1, 0.15) is 0 Å². The molecule has 136 valence electrons. The maximum absolute atomic E-state index is 12.6. The van der Waals surface area contributed by atoms with Crippen LogP contribution in [-0.4, -0.2) is 17.9 Å². The predicted molar refractivity (Wildman–Crippen MR) is 104 cm³/mol. The second-order valence-electron chi connectivity index (χ2n) is 7.06. The summed E-state index contributed by atoms with van der Waals surface area (Å²) >= 11 is 0. The topological polar surface area (TPSA) is 58.2 Å². The van der Waals surface area contributed by atoms with E-state index < -0.39 is 0 Å². The van der Waals surface area contributed by atoms with Crippen LogP contribution in [0.2, 0.25) is 0 Å². The van der Waals surface area contributed by atoms with Crippen LogP contribution in [0.15, 0.2) is 48.5 Å². The maximum atomic E-state index is 12.6. The Morgan fingerprint density at radius 3 is 2.38 bits per heavy atom. The zero-order chi connectivity index (χ0) is 18.4. The number of carbonyl (C=O) groups is 2. The molecule has 0 spiro atoms. The van der Waals surface area contributed by atoms with E-state index in [2.05, 4.69) is 10.6 Å². The van der Waals surface area contributed by atoms with E-state index in [9.17, 15) is 9.59 Å². The highest BCUT2D eigenvalue weighted by Crippen LogP contribution is 2.20. The summed E-state index contributed by atoms with van der Waals surface area (Å²) in [5.41, 5.74) is 3.21. The zero-order valence-electron chi connectivity index (χ0n) is 15.3. The number of para-hydroxylation sites is 1. The molecule has 4 heteroatoms. The number of amides is 2. The lowest BCUT2D eigenvalue weighted by Crippen LogP contribution is -2.36. The van der Waals surface area contributed by atoms with Crippen LogP contribution in [0.4, 0.5) is 5.69 Å². The van der Waals surface area contributed by atoms with Crippen LogP contribution in [0.3, 0.4) is 0 Å². The molecule has 1 saturated carbocycles. The molecule has 0 saturated heterocycles. The summed E-state index contributed by atoms with van der Waals surface area (Å²) in [5, 5.41) is 6.01. The minimum atomic E-state index is -0.119. The van der Waals surface area contributed by atoms with Crippen molar-refractivity contribution in [3.05, 3.63) is 65.2 Å². The SMILES string of the molecule is Cc1ccc(CC(=O)Nc2ccccc2C(=O)NC2CCCCC2)cc1. The van der Waals surface area contributed by atoms with Gasteiger partial charge in [-0.1, -0.05) is 61.2 Å². The molecule has 4 nitrogen and oxygen atoms in total. The predicted octanol–water partition coefficient (Wildman–Crippen LogP) is 4.24. The van der Waals surface area contributed by atoms with Gasteiger partial charge in [-0.05, 0) is 37.5 Å². The van der Waals surface area contributed by atoms with Gasteiger partial charge in [0.05, 0.1) is 17.7 Å². The first-order valence-corrected chi connectivity index (χ1v) is 9.37. The average Bonchev–Trinajstić information content (AvgIpc) is 2.65. The maximum Gasteiger partial charge on any atom is 0.253 e. The van der Waals surface area contributed by atoms with E-state index in [4.69, 9.17) is 0 Å². The van der Waals surface area contributed by atoms with Crippen molar-refractivity contribution in [2.75, 3.05) is 5.32 Å². The largest absolute Gasteiger partial charge is 0.349 e. The van der Waals surface area contributed by atoms with Crippen molar-refractivity contribution in [1.29, 1.82) is 0 Å². The molecule has 3 rings (SSSR count). The zero-order valence-corrected chi connectivity index (χ0v) is 15.3. The first-order valence-electron chi connectivity index (χ1n) is 9.37. The molecule has 2 aromatic rings. The quantitative estimate of drug-likeness (QED) is 0.847. The molecule has 2 N–H and O–H groups in total. The lowest BCUT2D eigenvalue weighted by Gasteiger charge is -2.23. The Morgan fingerprint density at radius 2 is 1.65 bits per heavy atom. The van der Waals surface area contributed by atoms with E-state index in [1.165, 1.54) is 24.8 Å². The molecule has 0 aliphatic heterocycles. The highest BCUT2D eigenvalue weighted by atomic mass is 16.2. The van der Waals surface area contributed by atoms with E-state index in [-0.39, 0.29) is 17.9 Å². The summed E-state index contributed by atoms with van der Waals surface area (Å²) < 4.78 is 0. The second-order valence-corrected chi connectivity index (χ2v) is 7.06. The van der Waals surface area contributed by atoms with Crippen LogP contribution in [0.5, 0.6) is 0 Å². The Labute approximate surface area is 155 Å². The Kier molecular flexibility index (Phi) is 6.05. The van der Waals surface area contributed by atoms with Crippen LogP contribution in [0, 0.1) is 6.92 Å². The highest BCUT2D eigenvalue weighted by molar-refractivity contribution is 6.04. The third-order valence-electron chi connectivity index (χ3n) is 4.87. The summed E-state index contributed by atoms with van der Waals surface area (Å²) in [6.45, 7) is 2.02. The van der Waals surface area contributed by atoms with Gasteiger partial charge in [0.25, 0.3) is 5.91 Å². The molecule has 0 atom stereocenters. The fourth-order valence-electron chi connectivity index (χ4n) is 3.39. The number of hydrogen-bond acceptors (Lipinski definition) is 2.